The van der Waals surface area contributed by atoms with E-state index in [0.717, 1.165) is 18.5 Å². The lowest BCUT2D eigenvalue weighted by Crippen LogP contribution is -2.20. The SMILES string of the molecule is CCCC(C)C(=O)Nc1nc(CCCC(=O)OC)cs1. The van der Waals surface area contributed by atoms with Crippen LogP contribution in [0.25, 0.3) is 0 Å². The van der Waals surface area contributed by atoms with Crippen molar-refractivity contribution in [2.45, 2.75) is 46.0 Å². The van der Waals surface area contributed by atoms with Crippen molar-refractivity contribution >= 4 is 28.3 Å². The van der Waals surface area contributed by atoms with Gasteiger partial charge in [-0.3, -0.25) is 9.59 Å². The van der Waals surface area contributed by atoms with Crippen molar-refractivity contribution in [3.8, 4) is 0 Å². The van der Waals surface area contributed by atoms with Gasteiger partial charge in [-0.25, -0.2) is 4.98 Å². The van der Waals surface area contributed by atoms with Gasteiger partial charge in [-0.15, -0.1) is 11.3 Å². The fourth-order valence-corrected chi connectivity index (χ4v) is 2.54. The average Bonchev–Trinajstić information content (AvgIpc) is 2.86. The Labute approximate surface area is 123 Å². The van der Waals surface area contributed by atoms with Crippen molar-refractivity contribution in [3.05, 3.63) is 11.1 Å². The predicted molar refractivity (Wildman–Crippen MR) is 79.8 cm³/mol. The predicted octanol–water partition coefficient (Wildman–Crippen LogP) is 3.01. The molecule has 1 amide bonds. The van der Waals surface area contributed by atoms with Crippen LogP contribution in [-0.2, 0) is 20.7 Å². The minimum Gasteiger partial charge on any atom is -0.469 e. The van der Waals surface area contributed by atoms with Gasteiger partial charge in [0, 0.05) is 17.7 Å². The van der Waals surface area contributed by atoms with Crippen LogP contribution in [0.15, 0.2) is 5.38 Å². The molecule has 1 aromatic rings. The highest BCUT2D eigenvalue weighted by Gasteiger charge is 2.13. The first-order chi connectivity index (χ1) is 9.56. The number of anilines is 1. The fraction of sp³-hybridized carbons (Fsp3) is 0.643. The molecular weight excluding hydrogens is 276 g/mol. The summed E-state index contributed by atoms with van der Waals surface area (Å²) in [7, 11) is 1.39. The topological polar surface area (TPSA) is 68.3 Å². The molecule has 1 heterocycles. The van der Waals surface area contributed by atoms with Gasteiger partial charge in [0.1, 0.15) is 0 Å². The van der Waals surface area contributed by atoms with E-state index in [4.69, 9.17) is 0 Å². The van der Waals surface area contributed by atoms with Crippen LogP contribution >= 0.6 is 11.3 Å². The number of thiazole rings is 1. The molecular formula is C14H22N2O3S. The number of methoxy groups -OCH3 is 1. The minimum absolute atomic E-state index is 0.00618. The second-order valence-corrected chi connectivity index (χ2v) is 5.61. The zero-order valence-electron chi connectivity index (χ0n) is 12.3. The van der Waals surface area contributed by atoms with Crippen molar-refractivity contribution in [1.29, 1.82) is 0 Å². The van der Waals surface area contributed by atoms with E-state index in [1.54, 1.807) is 0 Å². The number of nitrogens with one attached hydrogen (secondary N) is 1. The minimum atomic E-state index is -0.206. The maximum absolute atomic E-state index is 11.8. The lowest BCUT2D eigenvalue weighted by molar-refractivity contribution is -0.140. The first kappa shape index (κ1) is 16.6. The third-order valence-corrected chi connectivity index (χ3v) is 3.80. The molecule has 0 bridgehead atoms. The molecule has 20 heavy (non-hydrogen) atoms. The zero-order valence-corrected chi connectivity index (χ0v) is 13.1. The average molecular weight is 298 g/mol. The van der Waals surface area contributed by atoms with E-state index in [0.29, 0.717) is 24.4 Å². The summed E-state index contributed by atoms with van der Waals surface area (Å²) < 4.78 is 4.58. The Kier molecular flexibility index (Phi) is 7.22. The van der Waals surface area contributed by atoms with E-state index in [9.17, 15) is 9.59 Å². The number of ether oxygens (including phenoxy) is 1. The number of carbonyl (C=O) groups excluding carboxylic acids is 2. The van der Waals surface area contributed by atoms with Crippen molar-refractivity contribution in [2.75, 3.05) is 12.4 Å². The highest BCUT2D eigenvalue weighted by atomic mass is 32.1. The summed E-state index contributed by atoms with van der Waals surface area (Å²) in [6.45, 7) is 3.98. The standard InChI is InChI=1S/C14H22N2O3S/c1-4-6-10(2)13(18)16-14-15-11(9-20-14)7-5-8-12(17)19-3/h9-10H,4-8H2,1-3H3,(H,15,16,18). The fourth-order valence-electron chi connectivity index (χ4n) is 1.79. The van der Waals surface area contributed by atoms with Crippen molar-refractivity contribution < 1.29 is 14.3 Å². The van der Waals surface area contributed by atoms with Gasteiger partial charge in [-0.1, -0.05) is 20.3 Å². The molecule has 112 valence electrons. The quantitative estimate of drug-likeness (QED) is 0.749. The van der Waals surface area contributed by atoms with Gasteiger partial charge in [-0.05, 0) is 19.3 Å². The Bertz CT molecular complexity index is 445. The number of esters is 1. The largest absolute Gasteiger partial charge is 0.469 e. The molecule has 0 saturated heterocycles. The van der Waals surface area contributed by atoms with Crippen LogP contribution in [0.4, 0.5) is 5.13 Å². The smallest absolute Gasteiger partial charge is 0.305 e. The van der Waals surface area contributed by atoms with E-state index in [2.05, 4.69) is 22.0 Å². The molecule has 0 aliphatic heterocycles. The molecule has 0 saturated carbocycles. The van der Waals surface area contributed by atoms with Crippen LogP contribution in [0, 0.1) is 5.92 Å². The lowest BCUT2D eigenvalue weighted by atomic mass is 10.1. The summed E-state index contributed by atoms with van der Waals surface area (Å²) in [6, 6.07) is 0. The van der Waals surface area contributed by atoms with Crippen molar-refractivity contribution in [1.82, 2.24) is 4.98 Å². The molecule has 1 atom stereocenters. The number of hydrogen-bond acceptors (Lipinski definition) is 5. The van der Waals surface area contributed by atoms with Gasteiger partial charge in [0.25, 0.3) is 0 Å². The highest BCUT2D eigenvalue weighted by Crippen LogP contribution is 2.18. The van der Waals surface area contributed by atoms with Gasteiger partial charge in [0.15, 0.2) is 5.13 Å². The van der Waals surface area contributed by atoms with Crippen LogP contribution in [0.1, 0.15) is 45.2 Å². The van der Waals surface area contributed by atoms with Crippen LogP contribution in [0.2, 0.25) is 0 Å². The Morgan fingerprint density at radius 2 is 2.25 bits per heavy atom. The number of amides is 1. The molecule has 0 aliphatic carbocycles. The number of aryl methyl sites for hydroxylation is 1. The van der Waals surface area contributed by atoms with Crippen LogP contribution in [0.5, 0.6) is 0 Å². The summed E-state index contributed by atoms with van der Waals surface area (Å²) >= 11 is 1.42. The first-order valence-electron chi connectivity index (χ1n) is 6.88. The number of rotatable bonds is 8. The molecule has 5 nitrogen and oxygen atoms in total. The highest BCUT2D eigenvalue weighted by molar-refractivity contribution is 7.13. The van der Waals surface area contributed by atoms with E-state index in [1.807, 2.05) is 12.3 Å². The van der Waals surface area contributed by atoms with E-state index in [1.165, 1.54) is 18.4 Å². The number of aromatic nitrogens is 1. The van der Waals surface area contributed by atoms with Gasteiger partial charge in [0.2, 0.25) is 5.91 Å². The Morgan fingerprint density at radius 3 is 2.90 bits per heavy atom. The monoisotopic (exact) mass is 298 g/mol. The van der Waals surface area contributed by atoms with Gasteiger partial charge >= 0.3 is 5.97 Å². The number of carbonyl (C=O) groups is 2. The summed E-state index contributed by atoms with van der Waals surface area (Å²) in [5.74, 6) is -0.184. The molecule has 1 N–H and O–H groups in total. The Balaban J connectivity index is 2.39. The second-order valence-electron chi connectivity index (χ2n) is 4.75. The van der Waals surface area contributed by atoms with Crippen molar-refractivity contribution in [3.63, 3.8) is 0 Å². The van der Waals surface area contributed by atoms with Crippen LogP contribution in [0.3, 0.4) is 0 Å². The molecule has 0 spiro atoms. The molecule has 1 unspecified atom stereocenters. The summed E-state index contributed by atoms with van der Waals surface area (Å²) in [4.78, 5) is 27.2. The van der Waals surface area contributed by atoms with Gasteiger partial charge in [-0.2, -0.15) is 0 Å². The van der Waals surface area contributed by atoms with Crippen LogP contribution < -0.4 is 5.32 Å². The van der Waals surface area contributed by atoms with Gasteiger partial charge < -0.3 is 10.1 Å². The molecule has 1 aromatic heterocycles. The maximum atomic E-state index is 11.8. The van der Waals surface area contributed by atoms with Gasteiger partial charge in [0.05, 0.1) is 12.8 Å². The summed E-state index contributed by atoms with van der Waals surface area (Å²) in [6.07, 6.45) is 3.68. The normalized spacial score (nSPS) is 11.9. The second kappa shape index (κ2) is 8.68. The lowest BCUT2D eigenvalue weighted by Gasteiger charge is -2.08. The first-order valence-corrected chi connectivity index (χ1v) is 7.76. The number of hydrogen-bond donors (Lipinski definition) is 1. The van der Waals surface area contributed by atoms with E-state index >= 15 is 0 Å². The van der Waals surface area contributed by atoms with E-state index in [-0.39, 0.29) is 17.8 Å². The third kappa shape index (κ3) is 5.69. The molecule has 0 aromatic carbocycles. The van der Waals surface area contributed by atoms with E-state index < -0.39 is 0 Å². The van der Waals surface area contributed by atoms with Crippen molar-refractivity contribution in [2.24, 2.45) is 5.92 Å². The summed E-state index contributed by atoms with van der Waals surface area (Å²) in [5, 5.41) is 5.38. The molecule has 0 fully saturated rings. The van der Waals surface area contributed by atoms with Crippen LogP contribution in [-0.4, -0.2) is 24.0 Å². The molecule has 0 aliphatic rings. The third-order valence-electron chi connectivity index (χ3n) is 2.99. The molecule has 0 radical (unpaired) electrons. The zero-order chi connectivity index (χ0) is 15.0. The summed E-state index contributed by atoms with van der Waals surface area (Å²) in [5.41, 5.74) is 0.900. The Morgan fingerprint density at radius 1 is 1.50 bits per heavy atom. The molecule has 6 heteroatoms. The molecule has 1 rings (SSSR count). The Hall–Kier alpha value is -1.43. The number of nitrogens with zero attached hydrogens (tertiary/aromatic N) is 1. The maximum Gasteiger partial charge on any atom is 0.305 e.